The first-order chi connectivity index (χ1) is 20.1. The number of hydrogen-bond acceptors (Lipinski definition) is 6. The number of halogens is 3. The molecule has 3 unspecified atom stereocenters. The zero-order valence-electron chi connectivity index (χ0n) is 22.5. The number of carbonyl (C=O) groups excluding carboxylic acids is 2. The van der Waals surface area contributed by atoms with Gasteiger partial charge in [-0.25, -0.2) is 15.0 Å². The zero-order chi connectivity index (χ0) is 29.2. The van der Waals surface area contributed by atoms with Crippen LogP contribution in [0.3, 0.4) is 0 Å². The zero-order valence-corrected chi connectivity index (χ0v) is 22.5. The van der Waals surface area contributed by atoms with E-state index < -0.39 is 30.0 Å². The number of imidazole rings is 1. The molecule has 1 aromatic carbocycles. The molecule has 4 aromatic rings. The SMILES string of the molecule is CC1C(c2ccccc2)C[C@H](NC(=O)c2cnc3c(c2)CC2(C3)C(=O)Nc3ncncc32)c2ncc(CC(F)(F)F)n21. The number of amides is 2. The molecule has 3 aromatic heterocycles. The van der Waals surface area contributed by atoms with Crippen molar-refractivity contribution in [2.45, 2.75) is 62.2 Å². The van der Waals surface area contributed by atoms with E-state index in [0.717, 1.165) is 16.8 Å². The lowest BCUT2D eigenvalue weighted by atomic mass is 9.80. The Labute approximate surface area is 238 Å². The topological polar surface area (TPSA) is 115 Å². The summed E-state index contributed by atoms with van der Waals surface area (Å²) in [7, 11) is 0. The largest absolute Gasteiger partial charge is 0.394 e. The fraction of sp³-hybridized carbons (Fsp3) is 0.333. The third-order valence-electron chi connectivity index (χ3n) is 8.79. The van der Waals surface area contributed by atoms with E-state index in [9.17, 15) is 22.8 Å². The average Bonchev–Trinajstić information content (AvgIpc) is 3.63. The Kier molecular flexibility index (Phi) is 5.93. The fourth-order valence-corrected chi connectivity index (χ4v) is 6.82. The third kappa shape index (κ3) is 4.24. The van der Waals surface area contributed by atoms with Crippen molar-refractivity contribution in [1.29, 1.82) is 0 Å². The van der Waals surface area contributed by atoms with Gasteiger partial charge in [-0.3, -0.25) is 14.6 Å². The van der Waals surface area contributed by atoms with E-state index in [1.54, 1.807) is 16.8 Å². The molecule has 2 amide bonds. The Bertz CT molecular complexity index is 1720. The summed E-state index contributed by atoms with van der Waals surface area (Å²) < 4.78 is 41.9. The predicted octanol–water partition coefficient (Wildman–Crippen LogP) is 4.38. The van der Waals surface area contributed by atoms with Crippen LogP contribution in [0.4, 0.5) is 19.0 Å². The number of hydrogen-bond donors (Lipinski definition) is 2. The van der Waals surface area contributed by atoms with E-state index >= 15 is 0 Å². The van der Waals surface area contributed by atoms with Gasteiger partial charge in [0.25, 0.3) is 5.91 Å². The van der Waals surface area contributed by atoms with Crippen LogP contribution < -0.4 is 10.6 Å². The Morgan fingerprint density at radius 1 is 1.12 bits per heavy atom. The van der Waals surface area contributed by atoms with Gasteiger partial charge in [0.2, 0.25) is 5.91 Å². The van der Waals surface area contributed by atoms with Gasteiger partial charge in [-0.15, -0.1) is 0 Å². The van der Waals surface area contributed by atoms with Gasteiger partial charge in [0.15, 0.2) is 0 Å². The van der Waals surface area contributed by atoms with Crippen LogP contribution in [0, 0.1) is 0 Å². The van der Waals surface area contributed by atoms with Crippen molar-refractivity contribution in [3.63, 3.8) is 0 Å². The highest BCUT2D eigenvalue weighted by Gasteiger charge is 2.52. The molecule has 3 aliphatic rings. The second-order valence-electron chi connectivity index (χ2n) is 11.3. The van der Waals surface area contributed by atoms with Crippen LogP contribution in [0.1, 0.15) is 75.6 Å². The van der Waals surface area contributed by atoms with E-state index in [4.69, 9.17) is 0 Å². The molecule has 12 heteroatoms. The summed E-state index contributed by atoms with van der Waals surface area (Å²) in [6, 6.07) is 10.4. The first-order valence-electron chi connectivity index (χ1n) is 13.7. The van der Waals surface area contributed by atoms with Crippen molar-refractivity contribution >= 4 is 17.6 Å². The molecule has 0 bridgehead atoms. The fourth-order valence-electron chi connectivity index (χ4n) is 6.82. The number of carbonyl (C=O) groups is 2. The van der Waals surface area contributed by atoms with Crippen LogP contribution in [0.2, 0.25) is 0 Å². The van der Waals surface area contributed by atoms with E-state index in [0.29, 0.717) is 42.0 Å². The Hall–Kier alpha value is -4.61. The van der Waals surface area contributed by atoms with Crippen molar-refractivity contribution in [1.82, 2.24) is 29.8 Å². The van der Waals surface area contributed by atoms with E-state index in [2.05, 4.69) is 30.6 Å². The molecule has 7 rings (SSSR count). The molecule has 0 radical (unpaired) electrons. The van der Waals surface area contributed by atoms with Crippen LogP contribution in [-0.4, -0.2) is 42.5 Å². The summed E-state index contributed by atoms with van der Waals surface area (Å²) in [4.78, 5) is 43.8. The van der Waals surface area contributed by atoms with Crippen molar-refractivity contribution < 1.29 is 22.8 Å². The minimum Gasteiger partial charge on any atom is -0.342 e. The highest BCUT2D eigenvalue weighted by molar-refractivity contribution is 6.06. The minimum absolute atomic E-state index is 0.0634. The summed E-state index contributed by atoms with van der Waals surface area (Å²) in [5.74, 6) is 0.150. The number of anilines is 1. The monoisotopic (exact) mass is 573 g/mol. The van der Waals surface area contributed by atoms with Gasteiger partial charge in [-0.1, -0.05) is 30.3 Å². The highest BCUT2D eigenvalue weighted by Crippen LogP contribution is 2.46. The molecular formula is C30H26F3N7O2. The summed E-state index contributed by atoms with van der Waals surface area (Å²) in [6.45, 7) is 1.89. The van der Waals surface area contributed by atoms with Crippen LogP contribution >= 0.6 is 0 Å². The summed E-state index contributed by atoms with van der Waals surface area (Å²) in [5.41, 5.74) is 2.69. The van der Waals surface area contributed by atoms with Gasteiger partial charge in [-0.05, 0) is 37.0 Å². The van der Waals surface area contributed by atoms with Crippen molar-refractivity contribution in [3.8, 4) is 0 Å². The van der Waals surface area contributed by atoms with Gasteiger partial charge >= 0.3 is 6.18 Å². The maximum Gasteiger partial charge on any atom is 0.394 e. The molecule has 42 heavy (non-hydrogen) atoms. The van der Waals surface area contributed by atoms with Crippen molar-refractivity contribution in [3.05, 3.63) is 101 Å². The smallest absolute Gasteiger partial charge is 0.342 e. The number of benzene rings is 1. The lowest BCUT2D eigenvalue weighted by molar-refractivity contribution is -0.128. The Morgan fingerprint density at radius 2 is 1.93 bits per heavy atom. The summed E-state index contributed by atoms with van der Waals surface area (Å²) in [5, 5.41) is 5.85. The Balaban J connectivity index is 1.18. The molecule has 1 spiro atoms. The van der Waals surface area contributed by atoms with Gasteiger partial charge in [-0.2, -0.15) is 13.2 Å². The summed E-state index contributed by atoms with van der Waals surface area (Å²) >= 11 is 0. The van der Waals surface area contributed by atoms with E-state index in [-0.39, 0.29) is 23.6 Å². The first kappa shape index (κ1) is 26.3. The molecular weight excluding hydrogens is 547 g/mol. The normalized spacial score (nSPS) is 24.2. The first-order valence-corrected chi connectivity index (χ1v) is 13.7. The molecule has 2 aliphatic heterocycles. The molecule has 0 saturated carbocycles. The molecule has 9 nitrogen and oxygen atoms in total. The van der Waals surface area contributed by atoms with Crippen LogP contribution in [0.5, 0.6) is 0 Å². The number of aromatic nitrogens is 5. The second kappa shape index (κ2) is 9.47. The number of pyridine rings is 1. The number of nitrogens with zero attached hydrogens (tertiary/aromatic N) is 5. The number of alkyl halides is 3. The van der Waals surface area contributed by atoms with Crippen LogP contribution in [0.15, 0.2) is 61.3 Å². The van der Waals surface area contributed by atoms with Gasteiger partial charge < -0.3 is 15.2 Å². The molecule has 4 atom stereocenters. The minimum atomic E-state index is -4.40. The molecule has 5 heterocycles. The third-order valence-corrected chi connectivity index (χ3v) is 8.79. The van der Waals surface area contributed by atoms with E-state index in [1.165, 1.54) is 18.7 Å². The standard InChI is InChI=1S/C30H26F3N7O2/c1-16-21(17-5-3-2-4-6-17)8-23(26-36-13-20(40(16)26)10-30(31,32)33)38-27(41)19-7-18-9-29(11-24(18)35-12-19)22-14-34-15-37-25(22)39-28(29)42/h2-7,12-16,21,23H,8-11H2,1H3,(H,38,41)(H,34,37,39,42)/t16?,21?,23-,29?/m0/s1. The van der Waals surface area contributed by atoms with Crippen molar-refractivity contribution in [2.24, 2.45) is 0 Å². The molecule has 0 fully saturated rings. The second-order valence-corrected chi connectivity index (χ2v) is 11.3. The quantitative estimate of drug-likeness (QED) is 0.375. The van der Waals surface area contributed by atoms with Crippen molar-refractivity contribution in [2.75, 3.05) is 5.32 Å². The highest BCUT2D eigenvalue weighted by atomic mass is 19.4. The lowest BCUT2D eigenvalue weighted by Gasteiger charge is -2.37. The number of rotatable bonds is 4. The van der Waals surface area contributed by atoms with Gasteiger partial charge in [0.05, 0.1) is 23.4 Å². The maximum absolute atomic E-state index is 13.6. The van der Waals surface area contributed by atoms with Crippen LogP contribution in [0.25, 0.3) is 0 Å². The molecule has 1 aliphatic carbocycles. The van der Waals surface area contributed by atoms with Crippen LogP contribution in [-0.2, 0) is 29.5 Å². The number of fused-ring (bicyclic) bond motifs is 4. The molecule has 0 saturated heterocycles. The summed E-state index contributed by atoms with van der Waals surface area (Å²) in [6.07, 6.45) is 1.45. The maximum atomic E-state index is 13.6. The average molecular weight is 574 g/mol. The van der Waals surface area contributed by atoms with Gasteiger partial charge in [0.1, 0.15) is 18.0 Å². The number of nitrogens with one attached hydrogen (secondary N) is 2. The molecule has 2 N–H and O–H groups in total. The predicted molar refractivity (Wildman–Crippen MR) is 145 cm³/mol. The van der Waals surface area contributed by atoms with E-state index in [1.807, 2.05) is 37.3 Å². The Morgan fingerprint density at radius 3 is 2.71 bits per heavy atom. The van der Waals surface area contributed by atoms with Gasteiger partial charge in [0, 0.05) is 53.9 Å². The lowest BCUT2D eigenvalue weighted by Crippen LogP contribution is -2.38. The molecule has 214 valence electrons.